The average Bonchev–Trinajstić information content (AvgIpc) is 2.89. The summed E-state index contributed by atoms with van der Waals surface area (Å²) in [7, 11) is 0. The third-order valence-electron chi connectivity index (χ3n) is 1.90. The minimum absolute atomic E-state index is 0.285. The van der Waals surface area contributed by atoms with Gasteiger partial charge in [-0.15, -0.1) is 0 Å². The second kappa shape index (κ2) is 3.15. The molecule has 2 nitrogen and oxygen atoms in total. The number of hydrogen-bond acceptors (Lipinski definition) is 2. The van der Waals surface area contributed by atoms with Crippen LogP contribution in [0.5, 0.6) is 5.75 Å². The van der Waals surface area contributed by atoms with E-state index in [2.05, 4.69) is 6.07 Å². The molecule has 1 fully saturated rings. The first-order valence-corrected chi connectivity index (χ1v) is 4.25. The minimum atomic E-state index is 0.285. The van der Waals surface area contributed by atoms with Gasteiger partial charge in [0.05, 0.1) is 13.2 Å². The normalized spacial score (nSPS) is 20.6. The van der Waals surface area contributed by atoms with Crippen LogP contribution in [0.15, 0.2) is 24.3 Å². The lowest BCUT2D eigenvalue weighted by atomic mass is 10.1. The Morgan fingerprint density at radius 2 is 2.25 bits per heavy atom. The molecule has 1 aliphatic heterocycles. The highest BCUT2D eigenvalue weighted by Crippen LogP contribution is 2.35. The van der Waals surface area contributed by atoms with E-state index in [0.717, 1.165) is 12.4 Å². The molecule has 0 aliphatic carbocycles. The Labute approximate surface area is 72.1 Å². The maximum atomic E-state index is 5.46. The number of hydrogen-bond donors (Lipinski definition) is 0. The predicted octanol–water partition coefficient (Wildman–Crippen LogP) is 2.16. The van der Waals surface area contributed by atoms with Gasteiger partial charge in [0.25, 0.3) is 0 Å². The third kappa shape index (κ3) is 1.43. The number of epoxide rings is 1. The Hall–Kier alpha value is -1.02. The standard InChI is InChI=1S/C10H12O2/c1-2-11-9-6-4-3-5-8(9)10-7-12-10/h3-6,10H,2,7H2,1H3. The second-order valence-electron chi connectivity index (χ2n) is 2.79. The van der Waals surface area contributed by atoms with Gasteiger partial charge in [0, 0.05) is 5.56 Å². The Bertz CT molecular complexity index is 266. The van der Waals surface area contributed by atoms with Gasteiger partial charge in [0.15, 0.2) is 0 Å². The highest BCUT2D eigenvalue weighted by Gasteiger charge is 2.27. The van der Waals surface area contributed by atoms with Crippen molar-refractivity contribution in [2.24, 2.45) is 0 Å². The molecule has 0 saturated carbocycles. The first-order chi connectivity index (χ1) is 5.92. The Balaban J connectivity index is 2.24. The van der Waals surface area contributed by atoms with E-state index in [1.807, 2.05) is 25.1 Å². The van der Waals surface area contributed by atoms with E-state index in [4.69, 9.17) is 9.47 Å². The van der Waals surface area contributed by atoms with E-state index in [-0.39, 0.29) is 6.10 Å². The first kappa shape index (κ1) is 7.62. The predicted molar refractivity (Wildman–Crippen MR) is 46.3 cm³/mol. The van der Waals surface area contributed by atoms with E-state index >= 15 is 0 Å². The summed E-state index contributed by atoms with van der Waals surface area (Å²) < 4.78 is 10.7. The highest BCUT2D eigenvalue weighted by molar-refractivity contribution is 5.36. The molecule has 1 unspecified atom stereocenters. The van der Waals surface area contributed by atoms with Crippen LogP contribution in [0.1, 0.15) is 18.6 Å². The minimum Gasteiger partial charge on any atom is -0.493 e. The highest BCUT2D eigenvalue weighted by atomic mass is 16.6. The van der Waals surface area contributed by atoms with E-state index in [1.165, 1.54) is 5.56 Å². The van der Waals surface area contributed by atoms with Crippen LogP contribution in [-0.4, -0.2) is 13.2 Å². The molecule has 0 N–H and O–H groups in total. The van der Waals surface area contributed by atoms with Gasteiger partial charge in [-0.3, -0.25) is 0 Å². The molecule has 1 aromatic carbocycles. The van der Waals surface area contributed by atoms with Crippen molar-refractivity contribution in [1.82, 2.24) is 0 Å². The summed E-state index contributed by atoms with van der Waals surface area (Å²) in [5, 5.41) is 0. The van der Waals surface area contributed by atoms with Crippen LogP contribution >= 0.6 is 0 Å². The summed E-state index contributed by atoms with van der Waals surface area (Å²) in [4.78, 5) is 0. The molecular weight excluding hydrogens is 152 g/mol. The fourth-order valence-corrected chi connectivity index (χ4v) is 1.26. The summed E-state index contributed by atoms with van der Waals surface area (Å²) in [6, 6.07) is 8.04. The van der Waals surface area contributed by atoms with Crippen molar-refractivity contribution in [2.45, 2.75) is 13.0 Å². The molecule has 0 amide bonds. The van der Waals surface area contributed by atoms with E-state index in [0.29, 0.717) is 6.61 Å². The van der Waals surface area contributed by atoms with Crippen LogP contribution in [-0.2, 0) is 4.74 Å². The molecule has 1 atom stereocenters. The molecule has 1 aromatic rings. The van der Waals surface area contributed by atoms with Gasteiger partial charge in [-0.2, -0.15) is 0 Å². The van der Waals surface area contributed by atoms with E-state index < -0.39 is 0 Å². The van der Waals surface area contributed by atoms with Crippen LogP contribution in [0.25, 0.3) is 0 Å². The molecule has 2 heteroatoms. The van der Waals surface area contributed by atoms with Crippen LogP contribution in [0.2, 0.25) is 0 Å². The third-order valence-corrected chi connectivity index (χ3v) is 1.90. The molecule has 64 valence electrons. The number of ether oxygens (including phenoxy) is 2. The van der Waals surface area contributed by atoms with Crippen molar-refractivity contribution in [1.29, 1.82) is 0 Å². The van der Waals surface area contributed by atoms with Gasteiger partial charge >= 0.3 is 0 Å². The number of para-hydroxylation sites is 1. The zero-order valence-electron chi connectivity index (χ0n) is 7.12. The Kier molecular flexibility index (Phi) is 2.00. The lowest BCUT2D eigenvalue weighted by Crippen LogP contribution is -1.95. The molecule has 12 heavy (non-hydrogen) atoms. The molecule has 0 radical (unpaired) electrons. The fourth-order valence-electron chi connectivity index (χ4n) is 1.26. The van der Waals surface area contributed by atoms with Gasteiger partial charge in [0.1, 0.15) is 11.9 Å². The zero-order chi connectivity index (χ0) is 8.39. The Morgan fingerprint density at radius 1 is 1.50 bits per heavy atom. The van der Waals surface area contributed by atoms with Crippen LogP contribution in [0.3, 0.4) is 0 Å². The second-order valence-corrected chi connectivity index (χ2v) is 2.79. The SMILES string of the molecule is CCOc1ccccc1C1CO1. The summed E-state index contributed by atoms with van der Waals surface area (Å²) in [5.74, 6) is 0.961. The molecule has 0 spiro atoms. The largest absolute Gasteiger partial charge is 0.493 e. The van der Waals surface area contributed by atoms with Crippen LogP contribution in [0, 0.1) is 0 Å². The molecular formula is C10H12O2. The smallest absolute Gasteiger partial charge is 0.125 e. The van der Waals surface area contributed by atoms with Crippen LogP contribution < -0.4 is 4.74 Å². The Morgan fingerprint density at radius 3 is 2.92 bits per heavy atom. The number of benzene rings is 1. The molecule has 1 heterocycles. The van der Waals surface area contributed by atoms with Crippen molar-refractivity contribution in [3.63, 3.8) is 0 Å². The zero-order valence-corrected chi connectivity index (χ0v) is 7.12. The fraction of sp³-hybridized carbons (Fsp3) is 0.400. The summed E-state index contributed by atoms with van der Waals surface area (Å²) in [6.07, 6.45) is 0.285. The van der Waals surface area contributed by atoms with Crippen molar-refractivity contribution in [2.75, 3.05) is 13.2 Å². The van der Waals surface area contributed by atoms with Gasteiger partial charge in [-0.25, -0.2) is 0 Å². The molecule has 1 saturated heterocycles. The molecule has 2 rings (SSSR count). The maximum absolute atomic E-state index is 5.46. The summed E-state index contributed by atoms with van der Waals surface area (Å²) in [6.45, 7) is 3.54. The van der Waals surface area contributed by atoms with Gasteiger partial charge in [-0.1, -0.05) is 18.2 Å². The molecule has 0 aromatic heterocycles. The van der Waals surface area contributed by atoms with Gasteiger partial charge < -0.3 is 9.47 Å². The lowest BCUT2D eigenvalue weighted by Gasteiger charge is -2.06. The topological polar surface area (TPSA) is 21.8 Å². The van der Waals surface area contributed by atoms with Crippen molar-refractivity contribution >= 4 is 0 Å². The quantitative estimate of drug-likeness (QED) is 0.638. The lowest BCUT2D eigenvalue weighted by molar-refractivity contribution is 0.329. The molecule has 0 bridgehead atoms. The van der Waals surface area contributed by atoms with Crippen molar-refractivity contribution in [3.05, 3.63) is 29.8 Å². The average molecular weight is 164 g/mol. The molecule has 1 aliphatic rings. The van der Waals surface area contributed by atoms with Crippen molar-refractivity contribution < 1.29 is 9.47 Å². The summed E-state index contributed by atoms with van der Waals surface area (Å²) >= 11 is 0. The van der Waals surface area contributed by atoms with Gasteiger partial charge in [-0.05, 0) is 13.0 Å². The summed E-state index contributed by atoms with van der Waals surface area (Å²) in [5.41, 5.74) is 1.18. The number of rotatable bonds is 3. The van der Waals surface area contributed by atoms with E-state index in [1.54, 1.807) is 0 Å². The van der Waals surface area contributed by atoms with Gasteiger partial charge in [0.2, 0.25) is 0 Å². The first-order valence-electron chi connectivity index (χ1n) is 4.25. The van der Waals surface area contributed by atoms with Crippen LogP contribution in [0.4, 0.5) is 0 Å². The monoisotopic (exact) mass is 164 g/mol. The van der Waals surface area contributed by atoms with Crippen molar-refractivity contribution in [3.8, 4) is 5.75 Å². The van der Waals surface area contributed by atoms with E-state index in [9.17, 15) is 0 Å². The maximum Gasteiger partial charge on any atom is 0.125 e.